The van der Waals surface area contributed by atoms with Crippen LogP contribution in [0.2, 0.25) is 0 Å². The van der Waals surface area contributed by atoms with Crippen LogP contribution in [0.4, 0.5) is 4.79 Å². The Hall–Kier alpha value is -2.05. The van der Waals surface area contributed by atoms with Crippen LogP contribution in [-0.2, 0) is 16.6 Å². The molecule has 22 heavy (non-hydrogen) atoms. The molecule has 0 spiro atoms. The molecule has 1 rings (SSSR count). The number of hydrogen-bond donors (Lipinski definition) is 1. The highest BCUT2D eigenvalue weighted by Gasteiger charge is 2.37. The summed E-state index contributed by atoms with van der Waals surface area (Å²) in [6, 6.07) is -1.47. The van der Waals surface area contributed by atoms with Gasteiger partial charge in [0.25, 0.3) is 0 Å². The quantitative estimate of drug-likeness (QED) is 0.923. The molecule has 0 aromatic carbocycles. The van der Waals surface area contributed by atoms with Crippen LogP contribution in [-0.4, -0.2) is 43.5 Å². The molecule has 0 aliphatic heterocycles. The second-order valence-electron chi connectivity index (χ2n) is 6.53. The minimum absolute atomic E-state index is 0.337. The van der Waals surface area contributed by atoms with Gasteiger partial charge < -0.3 is 9.84 Å². The normalized spacial score (nSPS) is 13.1. The van der Waals surface area contributed by atoms with Gasteiger partial charge in [-0.15, -0.1) is 0 Å². The number of rotatable bonds is 4. The number of nitrogens with zero attached hydrogens (tertiary/aromatic N) is 3. The van der Waals surface area contributed by atoms with E-state index in [-0.39, 0.29) is 6.04 Å². The van der Waals surface area contributed by atoms with E-state index in [1.54, 1.807) is 53.3 Å². The van der Waals surface area contributed by atoms with Crippen molar-refractivity contribution in [2.75, 3.05) is 0 Å². The van der Waals surface area contributed by atoms with Crippen molar-refractivity contribution in [3.8, 4) is 0 Å². The Bertz CT molecular complexity index is 558. The molecule has 0 aliphatic carbocycles. The van der Waals surface area contributed by atoms with E-state index in [9.17, 15) is 14.7 Å². The average Bonchev–Trinajstić information content (AvgIpc) is 2.63. The lowest BCUT2D eigenvalue weighted by Crippen LogP contribution is -2.46. The second kappa shape index (κ2) is 6.37. The van der Waals surface area contributed by atoms with Crippen molar-refractivity contribution < 1.29 is 19.4 Å². The molecule has 1 unspecified atom stereocenters. The minimum atomic E-state index is -1.14. The standard InChI is InChI=1S/C15H25N3O4/c1-9(2)18(14(21)22-15(4,5)6)12(13(19)20)11-8-16-17(7)10(11)3/h8-9,12H,1-7H3,(H,19,20). The van der Waals surface area contributed by atoms with Crippen molar-refractivity contribution in [3.05, 3.63) is 17.5 Å². The maximum Gasteiger partial charge on any atom is 0.411 e. The number of amides is 1. The highest BCUT2D eigenvalue weighted by molar-refractivity contribution is 5.82. The predicted molar refractivity (Wildman–Crippen MR) is 81.5 cm³/mol. The fourth-order valence-corrected chi connectivity index (χ4v) is 2.11. The maximum atomic E-state index is 12.5. The number of ether oxygens (including phenoxy) is 1. The molecule has 1 heterocycles. The molecule has 7 heteroatoms. The van der Waals surface area contributed by atoms with Crippen LogP contribution < -0.4 is 0 Å². The van der Waals surface area contributed by atoms with Gasteiger partial charge in [0.05, 0.1) is 6.20 Å². The highest BCUT2D eigenvalue weighted by Crippen LogP contribution is 2.27. The fraction of sp³-hybridized carbons (Fsp3) is 0.667. The number of aromatic nitrogens is 2. The lowest BCUT2D eigenvalue weighted by atomic mass is 10.1. The third kappa shape index (κ3) is 3.99. The summed E-state index contributed by atoms with van der Waals surface area (Å²) in [4.78, 5) is 25.5. The first-order valence-electron chi connectivity index (χ1n) is 7.18. The topological polar surface area (TPSA) is 84.7 Å². The zero-order valence-electron chi connectivity index (χ0n) is 14.2. The zero-order chi connectivity index (χ0) is 17.2. The van der Waals surface area contributed by atoms with Crippen molar-refractivity contribution in [2.24, 2.45) is 7.05 Å². The van der Waals surface area contributed by atoms with Gasteiger partial charge in [-0.1, -0.05) is 0 Å². The Balaban J connectivity index is 3.27. The summed E-state index contributed by atoms with van der Waals surface area (Å²) in [5, 5.41) is 13.7. The molecule has 1 aromatic heterocycles. The van der Waals surface area contributed by atoms with Crippen LogP contribution in [0.5, 0.6) is 0 Å². The van der Waals surface area contributed by atoms with Gasteiger partial charge >= 0.3 is 12.1 Å². The first-order valence-corrected chi connectivity index (χ1v) is 7.18. The fourth-order valence-electron chi connectivity index (χ4n) is 2.11. The third-order valence-electron chi connectivity index (χ3n) is 3.24. The number of hydrogen-bond acceptors (Lipinski definition) is 4. The molecule has 0 bridgehead atoms. The summed E-state index contributed by atoms with van der Waals surface area (Å²) in [6.45, 7) is 10.5. The Labute approximate surface area is 130 Å². The summed E-state index contributed by atoms with van der Waals surface area (Å²) in [7, 11) is 1.73. The van der Waals surface area contributed by atoms with Crippen LogP contribution >= 0.6 is 0 Å². The first-order chi connectivity index (χ1) is 9.95. The van der Waals surface area contributed by atoms with E-state index in [0.29, 0.717) is 11.3 Å². The molecule has 0 radical (unpaired) electrons. The summed E-state index contributed by atoms with van der Waals surface area (Å²) in [5.74, 6) is -1.12. The number of aryl methyl sites for hydroxylation is 1. The first kappa shape index (κ1) is 18.0. The van der Waals surface area contributed by atoms with Crippen molar-refractivity contribution in [1.82, 2.24) is 14.7 Å². The van der Waals surface area contributed by atoms with E-state index < -0.39 is 23.7 Å². The Morgan fingerprint density at radius 3 is 2.23 bits per heavy atom. The van der Waals surface area contributed by atoms with Gasteiger partial charge in [0.2, 0.25) is 0 Å². The van der Waals surface area contributed by atoms with Gasteiger partial charge in [0.1, 0.15) is 5.60 Å². The molecule has 1 atom stereocenters. The van der Waals surface area contributed by atoms with Crippen molar-refractivity contribution in [3.63, 3.8) is 0 Å². The van der Waals surface area contributed by atoms with Crippen molar-refractivity contribution in [2.45, 2.75) is 59.2 Å². The Kier molecular flexibility index (Phi) is 5.22. The largest absolute Gasteiger partial charge is 0.479 e. The van der Waals surface area contributed by atoms with E-state index in [4.69, 9.17) is 4.74 Å². The molecule has 7 nitrogen and oxygen atoms in total. The van der Waals surface area contributed by atoms with Gasteiger partial charge in [0, 0.05) is 24.3 Å². The number of carboxylic acids is 1. The third-order valence-corrected chi connectivity index (χ3v) is 3.24. The minimum Gasteiger partial charge on any atom is -0.479 e. The molecule has 0 saturated heterocycles. The lowest BCUT2D eigenvalue weighted by Gasteiger charge is -2.34. The van der Waals surface area contributed by atoms with E-state index >= 15 is 0 Å². The lowest BCUT2D eigenvalue weighted by molar-refractivity contribution is -0.144. The second-order valence-corrected chi connectivity index (χ2v) is 6.53. The summed E-state index contributed by atoms with van der Waals surface area (Å²) in [5.41, 5.74) is 0.480. The van der Waals surface area contributed by atoms with Gasteiger partial charge in [0.15, 0.2) is 6.04 Å². The van der Waals surface area contributed by atoms with Crippen LogP contribution in [0.1, 0.15) is 51.9 Å². The van der Waals surface area contributed by atoms with Crippen molar-refractivity contribution in [1.29, 1.82) is 0 Å². The van der Waals surface area contributed by atoms with Gasteiger partial charge in [-0.2, -0.15) is 5.10 Å². The molecule has 124 valence electrons. The molecule has 0 aliphatic rings. The predicted octanol–water partition coefficient (Wildman–Crippen LogP) is 2.50. The smallest absolute Gasteiger partial charge is 0.411 e. The summed E-state index contributed by atoms with van der Waals surface area (Å²) >= 11 is 0. The molecule has 1 aromatic rings. The number of aliphatic carboxylic acids is 1. The SMILES string of the molecule is Cc1c(C(C(=O)O)N(C(=O)OC(C)(C)C)C(C)C)cnn1C. The molecular weight excluding hydrogens is 286 g/mol. The van der Waals surface area contributed by atoms with Gasteiger partial charge in [-0.05, 0) is 41.5 Å². The number of carboxylic acid groups (broad SMARTS) is 1. The van der Waals surface area contributed by atoms with E-state index in [2.05, 4.69) is 5.10 Å². The molecule has 1 N–H and O–H groups in total. The Morgan fingerprint density at radius 2 is 1.91 bits per heavy atom. The van der Waals surface area contributed by atoms with Crippen LogP contribution in [0.25, 0.3) is 0 Å². The van der Waals surface area contributed by atoms with E-state index in [1.165, 1.54) is 11.1 Å². The summed E-state index contributed by atoms with van der Waals surface area (Å²) in [6.07, 6.45) is 0.826. The Morgan fingerprint density at radius 1 is 1.36 bits per heavy atom. The number of carbonyl (C=O) groups excluding carboxylic acids is 1. The molecular formula is C15H25N3O4. The van der Waals surface area contributed by atoms with Gasteiger partial charge in [-0.3, -0.25) is 9.58 Å². The highest BCUT2D eigenvalue weighted by atomic mass is 16.6. The maximum absolute atomic E-state index is 12.5. The zero-order valence-corrected chi connectivity index (χ0v) is 14.2. The van der Waals surface area contributed by atoms with Crippen LogP contribution in [0, 0.1) is 6.92 Å². The van der Waals surface area contributed by atoms with Gasteiger partial charge in [-0.25, -0.2) is 9.59 Å². The van der Waals surface area contributed by atoms with Crippen molar-refractivity contribution >= 4 is 12.1 Å². The molecule has 0 fully saturated rings. The van der Waals surface area contributed by atoms with Crippen LogP contribution in [0.3, 0.4) is 0 Å². The molecule has 1 amide bonds. The van der Waals surface area contributed by atoms with E-state index in [0.717, 1.165) is 0 Å². The van der Waals surface area contributed by atoms with Crippen LogP contribution in [0.15, 0.2) is 6.20 Å². The molecule has 0 saturated carbocycles. The summed E-state index contributed by atoms with van der Waals surface area (Å²) < 4.78 is 6.94. The van der Waals surface area contributed by atoms with E-state index in [1.807, 2.05) is 0 Å². The average molecular weight is 311 g/mol. The number of carbonyl (C=O) groups is 2. The monoisotopic (exact) mass is 311 g/mol.